The third-order valence-electron chi connectivity index (χ3n) is 7.27. The van der Waals surface area contributed by atoms with Gasteiger partial charge in [0, 0.05) is 17.0 Å². The molecule has 0 spiro atoms. The fourth-order valence-corrected chi connectivity index (χ4v) is 5.53. The van der Waals surface area contributed by atoms with Crippen LogP contribution in [-0.2, 0) is 11.2 Å². The van der Waals surface area contributed by atoms with Crippen LogP contribution >= 0.6 is 11.6 Å². The van der Waals surface area contributed by atoms with Crippen molar-refractivity contribution in [1.29, 1.82) is 0 Å². The van der Waals surface area contributed by atoms with Gasteiger partial charge in [0.1, 0.15) is 5.75 Å². The molecule has 5 nitrogen and oxygen atoms in total. The number of amides is 1. The van der Waals surface area contributed by atoms with E-state index in [2.05, 4.69) is 35.2 Å². The Balaban J connectivity index is 1.29. The summed E-state index contributed by atoms with van der Waals surface area (Å²) in [7, 11) is 1.65. The largest absolute Gasteiger partial charge is 0.497 e. The van der Waals surface area contributed by atoms with E-state index in [1.54, 1.807) is 12.1 Å². The third-order valence-corrected chi connectivity index (χ3v) is 7.61. The van der Waals surface area contributed by atoms with E-state index in [4.69, 9.17) is 21.4 Å². The highest BCUT2D eigenvalue weighted by Gasteiger charge is 2.35. The molecule has 3 aromatic carbocycles. The standard InChI is InChI=1S/C30H32ClN3O2/c1-36-25-11-7-10-24(19-25)28-20-29(26-12-5-6-13-27(26)31)34(32-28)30(35)21-33-16-14-23(15-17-33)18-22-8-3-2-4-9-22/h2-13,19,23,29H,14-18,20-21H2,1H3/t29-/m0/s1. The van der Waals surface area contributed by atoms with Crippen LogP contribution in [0.3, 0.4) is 0 Å². The lowest BCUT2D eigenvalue weighted by Gasteiger charge is -2.33. The lowest BCUT2D eigenvalue weighted by molar-refractivity contribution is -0.134. The van der Waals surface area contributed by atoms with Gasteiger partial charge in [0.2, 0.25) is 0 Å². The van der Waals surface area contributed by atoms with E-state index in [0.29, 0.717) is 23.9 Å². The van der Waals surface area contributed by atoms with Crippen molar-refractivity contribution in [3.8, 4) is 5.75 Å². The lowest BCUT2D eigenvalue weighted by Crippen LogP contribution is -2.42. The Bertz CT molecular complexity index is 1220. The molecular formula is C30H32ClN3O2. The summed E-state index contributed by atoms with van der Waals surface area (Å²) in [4.78, 5) is 15.9. The molecule has 2 aliphatic heterocycles. The van der Waals surface area contributed by atoms with Gasteiger partial charge in [0.25, 0.3) is 5.91 Å². The summed E-state index contributed by atoms with van der Waals surface area (Å²) in [6.45, 7) is 2.23. The second-order valence-electron chi connectivity index (χ2n) is 9.67. The van der Waals surface area contributed by atoms with Gasteiger partial charge in [-0.15, -0.1) is 0 Å². The van der Waals surface area contributed by atoms with E-state index in [1.165, 1.54) is 5.56 Å². The summed E-state index contributed by atoms with van der Waals surface area (Å²) < 4.78 is 5.40. The molecule has 0 radical (unpaired) electrons. The fourth-order valence-electron chi connectivity index (χ4n) is 5.26. The van der Waals surface area contributed by atoms with Crippen molar-refractivity contribution in [3.63, 3.8) is 0 Å². The van der Waals surface area contributed by atoms with Gasteiger partial charge in [-0.1, -0.05) is 72.3 Å². The molecule has 186 valence electrons. The Hall–Kier alpha value is -3.15. The van der Waals surface area contributed by atoms with Crippen molar-refractivity contribution in [2.24, 2.45) is 11.0 Å². The van der Waals surface area contributed by atoms with Crippen LogP contribution in [0.2, 0.25) is 5.02 Å². The normalized spacial score (nSPS) is 18.8. The van der Waals surface area contributed by atoms with Gasteiger partial charge >= 0.3 is 0 Å². The zero-order valence-corrected chi connectivity index (χ0v) is 21.4. The molecule has 0 saturated carbocycles. The first kappa shape index (κ1) is 24.5. The number of hydrogen-bond donors (Lipinski definition) is 0. The maximum Gasteiger partial charge on any atom is 0.257 e. The van der Waals surface area contributed by atoms with E-state index < -0.39 is 0 Å². The Morgan fingerprint density at radius 3 is 2.50 bits per heavy atom. The molecule has 6 heteroatoms. The monoisotopic (exact) mass is 501 g/mol. The molecule has 36 heavy (non-hydrogen) atoms. The van der Waals surface area contributed by atoms with Crippen LogP contribution in [0.15, 0.2) is 84.0 Å². The van der Waals surface area contributed by atoms with Crippen molar-refractivity contribution in [2.75, 3.05) is 26.7 Å². The maximum atomic E-state index is 13.6. The van der Waals surface area contributed by atoms with Crippen molar-refractivity contribution in [1.82, 2.24) is 9.91 Å². The first-order chi connectivity index (χ1) is 17.6. The number of hydrogen-bond acceptors (Lipinski definition) is 4. The van der Waals surface area contributed by atoms with Crippen molar-refractivity contribution >= 4 is 23.2 Å². The van der Waals surface area contributed by atoms with Crippen molar-refractivity contribution in [2.45, 2.75) is 31.7 Å². The number of likely N-dealkylation sites (tertiary alicyclic amines) is 1. The van der Waals surface area contributed by atoms with Gasteiger partial charge < -0.3 is 4.74 Å². The van der Waals surface area contributed by atoms with Gasteiger partial charge in [-0.25, -0.2) is 5.01 Å². The number of nitrogens with zero attached hydrogens (tertiary/aromatic N) is 3. The molecule has 1 atom stereocenters. The number of ether oxygens (including phenoxy) is 1. The molecule has 3 aromatic rings. The van der Waals surface area contributed by atoms with E-state index in [9.17, 15) is 4.79 Å². The average Bonchev–Trinajstić information content (AvgIpc) is 3.36. The summed E-state index contributed by atoms with van der Waals surface area (Å²) in [5.41, 5.74) is 4.15. The molecule has 2 heterocycles. The predicted octanol–water partition coefficient (Wildman–Crippen LogP) is 5.98. The summed E-state index contributed by atoms with van der Waals surface area (Å²) in [6.07, 6.45) is 3.93. The summed E-state index contributed by atoms with van der Waals surface area (Å²) in [6, 6.07) is 26.0. The Morgan fingerprint density at radius 1 is 1.00 bits per heavy atom. The Labute approximate surface area is 218 Å². The highest BCUT2D eigenvalue weighted by atomic mass is 35.5. The number of halogens is 1. The highest BCUT2D eigenvalue weighted by Crippen LogP contribution is 2.37. The summed E-state index contributed by atoms with van der Waals surface area (Å²) >= 11 is 6.57. The number of benzene rings is 3. The zero-order chi connectivity index (χ0) is 24.9. The van der Waals surface area contributed by atoms with E-state index in [1.807, 2.05) is 48.5 Å². The van der Waals surface area contributed by atoms with E-state index >= 15 is 0 Å². The van der Waals surface area contributed by atoms with Crippen LogP contribution < -0.4 is 4.74 Å². The lowest BCUT2D eigenvalue weighted by atomic mass is 9.90. The summed E-state index contributed by atoms with van der Waals surface area (Å²) in [5, 5.41) is 7.14. The molecule has 1 amide bonds. The first-order valence-electron chi connectivity index (χ1n) is 12.7. The van der Waals surface area contributed by atoms with E-state index in [0.717, 1.165) is 54.9 Å². The molecular weight excluding hydrogens is 470 g/mol. The highest BCUT2D eigenvalue weighted by molar-refractivity contribution is 6.31. The molecule has 0 N–H and O–H groups in total. The fraction of sp³-hybridized carbons (Fsp3) is 0.333. The minimum atomic E-state index is -0.219. The molecule has 1 fully saturated rings. The second-order valence-corrected chi connectivity index (χ2v) is 10.1. The molecule has 0 bridgehead atoms. The van der Waals surface area contributed by atoms with Crippen LogP contribution in [0, 0.1) is 5.92 Å². The zero-order valence-electron chi connectivity index (χ0n) is 20.6. The molecule has 1 saturated heterocycles. The molecule has 2 aliphatic rings. The molecule has 0 aromatic heterocycles. The molecule has 5 rings (SSSR count). The van der Waals surface area contributed by atoms with Crippen LogP contribution in [0.25, 0.3) is 0 Å². The minimum absolute atomic E-state index is 0.0133. The van der Waals surface area contributed by atoms with Crippen LogP contribution in [0.1, 0.15) is 42.0 Å². The predicted molar refractivity (Wildman–Crippen MR) is 144 cm³/mol. The number of hydrazone groups is 1. The van der Waals surface area contributed by atoms with Crippen LogP contribution in [-0.4, -0.2) is 48.3 Å². The van der Waals surface area contributed by atoms with Gasteiger partial charge in [0.15, 0.2) is 0 Å². The average molecular weight is 502 g/mol. The third kappa shape index (κ3) is 5.63. The summed E-state index contributed by atoms with van der Waals surface area (Å²) in [5.74, 6) is 1.45. The number of carbonyl (C=O) groups is 1. The maximum absolute atomic E-state index is 13.6. The number of carbonyl (C=O) groups excluding carboxylic acids is 1. The first-order valence-corrected chi connectivity index (χ1v) is 13.0. The molecule has 0 aliphatic carbocycles. The Kier molecular flexibility index (Phi) is 7.69. The van der Waals surface area contributed by atoms with Gasteiger partial charge in [-0.2, -0.15) is 5.10 Å². The Morgan fingerprint density at radius 2 is 1.75 bits per heavy atom. The SMILES string of the molecule is COc1cccc(C2=NN(C(=O)CN3CCC(Cc4ccccc4)CC3)[C@H](c3ccccc3Cl)C2)c1. The number of methoxy groups -OCH3 is 1. The second kappa shape index (κ2) is 11.3. The smallest absolute Gasteiger partial charge is 0.257 e. The number of rotatable bonds is 7. The van der Waals surface area contributed by atoms with E-state index in [-0.39, 0.29) is 11.9 Å². The molecule has 0 unspecified atom stereocenters. The van der Waals surface area contributed by atoms with Gasteiger partial charge in [0.05, 0.1) is 25.4 Å². The van der Waals surface area contributed by atoms with Crippen LogP contribution in [0.5, 0.6) is 5.75 Å². The van der Waals surface area contributed by atoms with Crippen molar-refractivity contribution in [3.05, 3.63) is 101 Å². The van der Waals surface area contributed by atoms with Crippen LogP contribution in [0.4, 0.5) is 0 Å². The topological polar surface area (TPSA) is 45.1 Å². The van der Waals surface area contributed by atoms with Crippen molar-refractivity contribution < 1.29 is 9.53 Å². The van der Waals surface area contributed by atoms with Gasteiger partial charge in [-0.3, -0.25) is 9.69 Å². The quantitative estimate of drug-likeness (QED) is 0.400. The number of piperidine rings is 1. The minimum Gasteiger partial charge on any atom is -0.497 e. The van der Waals surface area contributed by atoms with Gasteiger partial charge in [-0.05, 0) is 67.6 Å².